The molecule has 60 heavy (non-hydrogen) atoms. The van der Waals surface area contributed by atoms with Crippen molar-refractivity contribution in [2.24, 2.45) is 22.7 Å². The quantitative estimate of drug-likeness (QED) is 0.0769. The molecule has 0 aromatic rings. The molecule has 1 heterocycles. The van der Waals surface area contributed by atoms with E-state index in [9.17, 15) is 49.3 Å². The molecule has 0 spiro atoms. The second-order valence-electron chi connectivity index (χ2n) is 16.6. The van der Waals surface area contributed by atoms with Gasteiger partial charge in [-0.1, -0.05) is 19.4 Å². The fraction of sp³-hybridized carbons (Fsp3) is 0.763. The van der Waals surface area contributed by atoms with Crippen LogP contribution in [0.4, 0.5) is 13.6 Å². The van der Waals surface area contributed by atoms with Gasteiger partial charge in [0.2, 0.25) is 11.7 Å². The number of ketones is 2. The van der Waals surface area contributed by atoms with Crippen LogP contribution in [0, 0.1) is 42.9 Å². The number of rotatable bonds is 20. The number of amides is 1. The summed E-state index contributed by atoms with van der Waals surface area (Å²) in [6.45, 7) is 3.77. The summed E-state index contributed by atoms with van der Waals surface area (Å²) in [6, 6.07) is -1.56. The fourth-order valence-electron chi connectivity index (χ4n) is 9.98. The van der Waals surface area contributed by atoms with Crippen molar-refractivity contribution >= 4 is 29.6 Å². The van der Waals surface area contributed by atoms with Crippen LogP contribution in [-0.2, 0) is 52.5 Å². The highest BCUT2D eigenvalue weighted by Gasteiger charge is 2.80. The number of alkyl halides is 2. The van der Waals surface area contributed by atoms with Crippen LogP contribution in [0.2, 0.25) is 0 Å². The molecule has 0 bridgehead atoms. The largest absolute Gasteiger partial charge is 0.508 e. The molecule has 5 aliphatic rings. The Kier molecular flexibility index (Phi) is 13.9. The molecule has 3 saturated carbocycles. The first-order chi connectivity index (χ1) is 28.1. The Hall–Kier alpha value is -4.83. The maximum atomic E-state index is 17.7. The third-order valence-electron chi connectivity index (χ3n) is 12.6. The highest BCUT2D eigenvalue weighted by molar-refractivity contribution is 6.01. The first kappa shape index (κ1) is 46.2. The highest BCUT2D eigenvalue weighted by atomic mass is 19.1. The number of unbranched alkanes of at least 4 members (excludes halogenated alkanes) is 3. The predicted molar refractivity (Wildman–Crippen MR) is 196 cm³/mol. The van der Waals surface area contributed by atoms with Crippen molar-refractivity contribution in [2.75, 3.05) is 33.0 Å². The lowest BCUT2D eigenvalue weighted by Gasteiger charge is -2.63. The Morgan fingerprint density at radius 2 is 1.60 bits per heavy atom. The second kappa shape index (κ2) is 18.0. The smallest absolute Gasteiger partial charge is 0.464 e. The summed E-state index contributed by atoms with van der Waals surface area (Å²) >= 11 is 0. The summed E-state index contributed by atoms with van der Waals surface area (Å²) < 4.78 is 61.7. The minimum atomic E-state index is -2.44. The van der Waals surface area contributed by atoms with Crippen molar-refractivity contribution in [1.82, 2.24) is 5.32 Å². The average molecular weight is 860 g/mol. The minimum absolute atomic E-state index is 0.0303. The van der Waals surface area contributed by atoms with Crippen LogP contribution >= 0.6 is 0 Å². The molecule has 5 rings (SSSR count). The molecule has 0 aromatic carbocycles. The van der Waals surface area contributed by atoms with E-state index < -0.39 is 117 Å². The summed E-state index contributed by atoms with van der Waals surface area (Å²) in [6.07, 6.45) is -2.02. The standard InChI is InChI=1S/C38H51F2N3O17/c1-34(2)59-30-18-23-24-17-26(39)25-16-22(44)11-12-35(25,3)37(24,40)28(45)19-36(23,4)38(30,60-34)29(46)21-56-33(49)55-20-27(32(48)54-13-8-9-15-58-43(52)53)41-31(47)10-6-5-7-14-57-42(50)51/h11-12,16,23-24,26-28,30,45H,5-10,13-15,17-21H2,1-4H3,(H,41,47)/t23-,24-,26-,27?,28-,30+,35-,36-,37-,38-/m0/s1. The predicted octanol–water partition coefficient (Wildman–Crippen LogP) is 3.31. The highest BCUT2D eigenvalue weighted by Crippen LogP contribution is 2.72. The monoisotopic (exact) mass is 859 g/mol. The number of hydrogen-bond acceptors (Lipinski definition) is 17. The van der Waals surface area contributed by atoms with Gasteiger partial charge in [-0.3, -0.25) is 14.4 Å². The molecule has 4 fully saturated rings. The maximum absolute atomic E-state index is 17.7. The molecular formula is C38H51F2N3O17. The van der Waals surface area contributed by atoms with E-state index in [1.54, 1.807) is 20.8 Å². The molecule has 334 valence electrons. The zero-order valence-corrected chi connectivity index (χ0v) is 33.7. The van der Waals surface area contributed by atoms with Crippen molar-refractivity contribution in [3.05, 3.63) is 44.0 Å². The van der Waals surface area contributed by atoms with Crippen LogP contribution in [0.5, 0.6) is 0 Å². The molecule has 22 heteroatoms. The number of Topliss-reactive ketones (excluding diaryl/α,β-unsaturated/α-hetero) is 1. The molecule has 0 radical (unpaired) electrons. The van der Waals surface area contributed by atoms with E-state index in [0.717, 1.165) is 12.2 Å². The van der Waals surface area contributed by atoms with Gasteiger partial charge in [0.1, 0.15) is 12.8 Å². The summed E-state index contributed by atoms with van der Waals surface area (Å²) in [5.41, 5.74) is -7.45. The molecule has 1 aliphatic heterocycles. The number of ether oxygens (including phenoxy) is 5. The number of carbonyl (C=O) groups is 5. The maximum Gasteiger partial charge on any atom is 0.508 e. The fourth-order valence-corrected chi connectivity index (χ4v) is 9.98. The number of esters is 1. The number of aliphatic hydroxyl groups is 1. The van der Waals surface area contributed by atoms with E-state index >= 15 is 8.78 Å². The SMILES string of the molecule is CC1(C)O[C@@H]2C[C@H]3[C@@H]4C[C@H](F)C5=CC(=O)C=C[C@]5(C)[C@@]4(F)[C@@H](O)C[C@]3(C)[C@@]2(C(=O)COC(=O)OCC(NC(=O)CCCCCO[N+](=O)[O-])C(=O)OCCCCO[N+](=O)[O-])O1. The van der Waals surface area contributed by atoms with Crippen LogP contribution in [0.1, 0.15) is 85.5 Å². The average Bonchev–Trinajstić information content (AvgIpc) is 3.58. The molecule has 10 atom stereocenters. The van der Waals surface area contributed by atoms with Gasteiger partial charge in [-0.2, -0.15) is 0 Å². The zero-order valence-electron chi connectivity index (χ0n) is 33.7. The normalized spacial score (nSPS) is 33.8. The Labute approximate surface area is 342 Å². The van der Waals surface area contributed by atoms with E-state index in [2.05, 4.69) is 15.0 Å². The molecule has 4 aliphatic carbocycles. The van der Waals surface area contributed by atoms with Gasteiger partial charge in [0.25, 0.3) is 10.2 Å². The van der Waals surface area contributed by atoms with Crippen molar-refractivity contribution in [3.63, 3.8) is 0 Å². The Morgan fingerprint density at radius 1 is 0.950 bits per heavy atom. The van der Waals surface area contributed by atoms with Gasteiger partial charge in [0.05, 0.1) is 32.0 Å². The van der Waals surface area contributed by atoms with E-state index in [1.165, 1.54) is 13.0 Å². The van der Waals surface area contributed by atoms with Crippen LogP contribution in [0.25, 0.3) is 0 Å². The summed E-state index contributed by atoms with van der Waals surface area (Å²) in [7, 11) is 0. The van der Waals surface area contributed by atoms with Crippen molar-refractivity contribution in [2.45, 2.75) is 127 Å². The van der Waals surface area contributed by atoms with Crippen LogP contribution < -0.4 is 5.32 Å². The van der Waals surface area contributed by atoms with E-state index in [-0.39, 0.29) is 76.8 Å². The lowest BCUT2D eigenvalue weighted by Crippen LogP contribution is -2.71. The van der Waals surface area contributed by atoms with Gasteiger partial charge in [-0.25, -0.2) is 18.4 Å². The molecule has 1 unspecified atom stereocenters. The summed E-state index contributed by atoms with van der Waals surface area (Å²) in [5, 5.41) is 32.9. The molecular weight excluding hydrogens is 808 g/mol. The first-order valence-corrected chi connectivity index (χ1v) is 19.8. The molecule has 2 N–H and O–H groups in total. The lowest BCUT2D eigenvalue weighted by molar-refractivity contribution is -0.757. The van der Waals surface area contributed by atoms with Gasteiger partial charge >= 0.3 is 12.1 Å². The number of nitrogens with one attached hydrogen (secondary N) is 1. The van der Waals surface area contributed by atoms with Crippen molar-refractivity contribution in [1.29, 1.82) is 0 Å². The number of aliphatic hydroxyl groups excluding tert-OH is 1. The molecule has 0 aromatic heterocycles. The third-order valence-corrected chi connectivity index (χ3v) is 12.6. The summed E-state index contributed by atoms with van der Waals surface area (Å²) in [4.78, 5) is 94.2. The number of nitrogens with zero attached hydrogens (tertiary/aromatic N) is 2. The molecule has 1 amide bonds. The number of carbonyl (C=O) groups excluding carboxylic acids is 5. The lowest BCUT2D eigenvalue weighted by atomic mass is 9.44. The molecule has 1 saturated heterocycles. The zero-order chi connectivity index (χ0) is 44.3. The minimum Gasteiger partial charge on any atom is -0.464 e. The summed E-state index contributed by atoms with van der Waals surface area (Å²) in [5.74, 6) is -6.29. The van der Waals surface area contributed by atoms with Crippen LogP contribution in [0.15, 0.2) is 23.8 Å². The van der Waals surface area contributed by atoms with Gasteiger partial charge in [-0.15, -0.1) is 20.2 Å². The number of allylic oxidation sites excluding steroid dienone is 4. The van der Waals surface area contributed by atoms with E-state index in [1.807, 2.05) is 0 Å². The number of hydrogen-bond donors (Lipinski definition) is 2. The van der Waals surface area contributed by atoms with Crippen LogP contribution in [0.3, 0.4) is 0 Å². The van der Waals surface area contributed by atoms with Gasteiger partial charge in [0, 0.05) is 23.2 Å². The van der Waals surface area contributed by atoms with Crippen molar-refractivity contribution in [3.8, 4) is 0 Å². The van der Waals surface area contributed by atoms with Crippen molar-refractivity contribution < 1.29 is 81.4 Å². The Morgan fingerprint density at radius 3 is 2.27 bits per heavy atom. The third kappa shape index (κ3) is 8.95. The Balaban J connectivity index is 1.25. The number of fused-ring (bicyclic) bond motifs is 7. The molecule has 20 nitrogen and oxygen atoms in total. The topological polar surface area (TPSA) is 268 Å². The Bertz CT molecular complexity index is 1780. The number of halogens is 2. The van der Waals surface area contributed by atoms with E-state index in [4.69, 9.17) is 23.7 Å². The second-order valence-corrected chi connectivity index (χ2v) is 16.6. The van der Waals surface area contributed by atoms with Gasteiger partial charge < -0.3 is 43.8 Å². The van der Waals surface area contributed by atoms with Crippen LogP contribution in [-0.4, -0.2) is 119 Å². The van der Waals surface area contributed by atoms with E-state index in [0.29, 0.717) is 6.42 Å². The van der Waals surface area contributed by atoms with Gasteiger partial charge in [0.15, 0.2) is 35.5 Å². The van der Waals surface area contributed by atoms with Gasteiger partial charge in [-0.05, 0) is 89.4 Å². The first-order valence-electron chi connectivity index (χ1n) is 19.8.